The van der Waals surface area contributed by atoms with Crippen LogP contribution in [0.5, 0.6) is 5.75 Å². The number of hydrogen-bond donors (Lipinski definition) is 0. The van der Waals surface area contributed by atoms with Gasteiger partial charge in [0.25, 0.3) is 0 Å². The van der Waals surface area contributed by atoms with Crippen molar-refractivity contribution in [3.05, 3.63) is 90.5 Å². The molecule has 38 heavy (non-hydrogen) atoms. The first-order valence-corrected chi connectivity index (χ1v) is 12.5. The van der Waals surface area contributed by atoms with Gasteiger partial charge in [0.15, 0.2) is 6.10 Å². The van der Waals surface area contributed by atoms with Gasteiger partial charge in [-0.05, 0) is 56.7 Å². The fraction of sp³-hybridized carbons (Fsp3) is 0.290. The van der Waals surface area contributed by atoms with Crippen LogP contribution in [0.25, 0.3) is 22.2 Å². The van der Waals surface area contributed by atoms with Crippen molar-refractivity contribution >= 4 is 22.7 Å². The highest BCUT2D eigenvalue weighted by Crippen LogP contribution is 2.27. The first-order valence-electron chi connectivity index (χ1n) is 12.5. The van der Waals surface area contributed by atoms with Crippen molar-refractivity contribution in [3.63, 3.8) is 0 Å². The Morgan fingerprint density at radius 1 is 0.974 bits per heavy atom. The van der Waals surface area contributed by atoms with Gasteiger partial charge >= 0.3 is 6.09 Å². The van der Waals surface area contributed by atoms with Crippen molar-refractivity contribution in [1.29, 1.82) is 0 Å². The summed E-state index contributed by atoms with van der Waals surface area (Å²) in [6.45, 7) is 5.38. The summed E-state index contributed by atoms with van der Waals surface area (Å²) in [5, 5.41) is 0.944. The van der Waals surface area contributed by atoms with Gasteiger partial charge in [0.2, 0.25) is 0 Å². The summed E-state index contributed by atoms with van der Waals surface area (Å²) < 4.78 is 30.6. The lowest BCUT2D eigenvalue weighted by Crippen LogP contribution is -2.34. The smallest absolute Gasteiger partial charge is 0.414 e. The summed E-state index contributed by atoms with van der Waals surface area (Å²) in [4.78, 5) is 18.6. The number of aromatic nitrogens is 1. The predicted octanol–water partition coefficient (Wildman–Crippen LogP) is 7.21. The number of benzene rings is 3. The number of carbonyl (C=O) groups is 1. The number of rotatable bonds is 9. The largest absolute Gasteiger partial charge is 0.485 e. The Bertz CT molecular complexity index is 1350. The van der Waals surface area contributed by atoms with Crippen LogP contribution in [0.4, 0.5) is 14.9 Å². The molecule has 0 bridgehead atoms. The Labute approximate surface area is 223 Å². The van der Waals surface area contributed by atoms with E-state index in [1.807, 2.05) is 106 Å². The summed E-state index contributed by atoms with van der Waals surface area (Å²) >= 11 is 0. The lowest BCUT2D eigenvalue weighted by atomic mass is 10.1. The molecule has 0 N–H and O–H groups in total. The van der Waals surface area contributed by atoms with Crippen molar-refractivity contribution in [2.75, 3.05) is 25.2 Å². The van der Waals surface area contributed by atoms with Crippen molar-refractivity contribution in [1.82, 2.24) is 4.98 Å². The fourth-order valence-corrected chi connectivity index (χ4v) is 3.81. The highest BCUT2D eigenvalue weighted by molar-refractivity contribution is 5.88. The van der Waals surface area contributed by atoms with Crippen molar-refractivity contribution < 1.29 is 23.4 Å². The van der Waals surface area contributed by atoms with E-state index in [0.29, 0.717) is 18.0 Å². The lowest BCUT2D eigenvalue weighted by molar-refractivity contribution is 0.0298. The molecular formula is C31H33FN2O4. The molecule has 4 aromatic rings. The van der Waals surface area contributed by atoms with E-state index in [1.54, 1.807) is 7.05 Å². The fourth-order valence-electron chi connectivity index (χ4n) is 3.81. The SMILES string of the molecule is CN(C(=O)OC(C)(C)C)c1ccc(-c2ccc3ccc(OC(CF)COCc4ccccc4)cc3n2)cc1. The van der Waals surface area contributed by atoms with E-state index < -0.39 is 24.5 Å². The van der Waals surface area contributed by atoms with E-state index in [-0.39, 0.29) is 6.61 Å². The lowest BCUT2D eigenvalue weighted by Gasteiger charge is -2.24. The molecule has 0 saturated carbocycles. The third-order valence-corrected chi connectivity index (χ3v) is 5.77. The number of ether oxygens (including phenoxy) is 3. The third kappa shape index (κ3) is 7.29. The molecule has 0 fully saturated rings. The first-order chi connectivity index (χ1) is 18.2. The molecule has 0 aliphatic carbocycles. The molecule has 1 aromatic heterocycles. The van der Waals surface area contributed by atoms with Crippen molar-refractivity contribution in [2.45, 2.75) is 39.1 Å². The zero-order valence-electron chi connectivity index (χ0n) is 22.2. The van der Waals surface area contributed by atoms with E-state index >= 15 is 0 Å². The first kappa shape index (κ1) is 27.1. The molecule has 1 heterocycles. The van der Waals surface area contributed by atoms with E-state index in [1.165, 1.54) is 4.90 Å². The molecule has 1 atom stereocenters. The molecule has 0 radical (unpaired) electrons. The Kier molecular flexibility index (Phi) is 8.59. The van der Waals surface area contributed by atoms with E-state index in [9.17, 15) is 9.18 Å². The number of pyridine rings is 1. The molecule has 198 valence electrons. The maximum absolute atomic E-state index is 13.6. The monoisotopic (exact) mass is 516 g/mol. The van der Waals surface area contributed by atoms with Gasteiger partial charge in [-0.25, -0.2) is 14.2 Å². The number of nitrogens with zero attached hydrogens (tertiary/aromatic N) is 2. The van der Waals surface area contributed by atoms with Crippen LogP contribution in [-0.4, -0.2) is 43.1 Å². The number of alkyl halides is 1. The number of carbonyl (C=O) groups excluding carboxylic acids is 1. The minimum absolute atomic E-state index is 0.140. The highest BCUT2D eigenvalue weighted by atomic mass is 19.1. The topological polar surface area (TPSA) is 60.9 Å². The molecule has 1 amide bonds. The molecule has 4 rings (SSSR count). The summed E-state index contributed by atoms with van der Waals surface area (Å²) in [6.07, 6.45) is -1.13. The second kappa shape index (κ2) is 12.0. The molecule has 0 aliphatic rings. The number of hydrogen-bond acceptors (Lipinski definition) is 5. The van der Waals surface area contributed by atoms with Gasteiger partial charge < -0.3 is 14.2 Å². The average Bonchev–Trinajstić information content (AvgIpc) is 2.91. The quantitative estimate of drug-likeness (QED) is 0.235. The molecular weight excluding hydrogens is 483 g/mol. The van der Waals surface area contributed by atoms with Gasteiger partial charge in [-0.15, -0.1) is 0 Å². The molecule has 3 aromatic carbocycles. The van der Waals surface area contributed by atoms with Crippen LogP contribution >= 0.6 is 0 Å². The molecule has 1 unspecified atom stereocenters. The van der Waals surface area contributed by atoms with Crippen LogP contribution in [0.15, 0.2) is 84.9 Å². The van der Waals surface area contributed by atoms with Gasteiger partial charge in [0, 0.05) is 29.8 Å². The third-order valence-electron chi connectivity index (χ3n) is 5.77. The molecule has 0 aliphatic heterocycles. The van der Waals surface area contributed by atoms with Crippen LogP contribution in [-0.2, 0) is 16.1 Å². The molecule has 0 spiro atoms. The van der Waals surface area contributed by atoms with Gasteiger partial charge in [0.05, 0.1) is 24.4 Å². The normalized spacial score (nSPS) is 12.2. The summed E-state index contributed by atoms with van der Waals surface area (Å²) in [5.74, 6) is 0.530. The van der Waals surface area contributed by atoms with E-state index in [4.69, 9.17) is 19.2 Å². The number of amides is 1. The van der Waals surface area contributed by atoms with Crippen LogP contribution in [0.1, 0.15) is 26.3 Å². The van der Waals surface area contributed by atoms with Crippen LogP contribution in [0.2, 0.25) is 0 Å². The van der Waals surface area contributed by atoms with Gasteiger partial charge in [0.1, 0.15) is 18.0 Å². The van der Waals surface area contributed by atoms with E-state index in [2.05, 4.69) is 0 Å². The van der Waals surface area contributed by atoms with Crippen LogP contribution < -0.4 is 9.64 Å². The van der Waals surface area contributed by atoms with Crippen molar-refractivity contribution in [2.24, 2.45) is 0 Å². The standard InChI is InChI=1S/C31H33FN2O4/c1-31(2,3)38-30(35)34(4)25-14-10-23(11-15-25)28-17-13-24-12-16-26(18-29(24)33-28)37-27(19-32)21-36-20-22-8-6-5-7-9-22/h5-18,27H,19-21H2,1-4H3. The summed E-state index contributed by atoms with van der Waals surface area (Å²) in [7, 11) is 1.68. The average molecular weight is 517 g/mol. The van der Waals surface area contributed by atoms with Gasteiger partial charge in [-0.2, -0.15) is 0 Å². The minimum Gasteiger partial charge on any atom is -0.485 e. The predicted molar refractivity (Wildman–Crippen MR) is 148 cm³/mol. The van der Waals surface area contributed by atoms with Crippen LogP contribution in [0.3, 0.4) is 0 Å². The second-order valence-corrected chi connectivity index (χ2v) is 10.0. The minimum atomic E-state index is -0.714. The maximum atomic E-state index is 13.6. The summed E-state index contributed by atoms with van der Waals surface area (Å²) in [6, 6.07) is 26.7. The number of anilines is 1. The maximum Gasteiger partial charge on any atom is 0.414 e. The summed E-state index contributed by atoms with van der Waals surface area (Å²) in [5.41, 5.74) is 3.58. The van der Waals surface area contributed by atoms with Crippen molar-refractivity contribution in [3.8, 4) is 17.0 Å². The Balaban J connectivity index is 1.43. The zero-order valence-corrected chi connectivity index (χ0v) is 22.2. The van der Waals surface area contributed by atoms with Crippen LogP contribution in [0, 0.1) is 0 Å². The van der Waals surface area contributed by atoms with Gasteiger partial charge in [-0.1, -0.05) is 48.5 Å². The number of halogens is 1. The molecule has 6 nitrogen and oxygen atoms in total. The Morgan fingerprint density at radius 2 is 1.68 bits per heavy atom. The second-order valence-electron chi connectivity index (χ2n) is 10.0. The van der Waals surface area contributed by atoms with Gasteiger partial charge in [-0.3, -0.25) is 4.90 Å². The zero-order chi connectivity index (χ0) is 27.1. The number of fused-ring (bicyclic) bond motifs is 1. The molecule has 7 heteroatoms. The Morgan fingerprint density at radius 3 is 2.37 bits per heavy atom. The Hall–Kier alpha value is -3.97. The highest BCUT2D eigenvalue weighted by Gasteiger charge is 2.20. The van der Waals surface area contributed by atoms with E-state index in [0.717, 1.165) is 27.7 Å². The molecule has 0 saturated heterocycles.